The zero-order valence-corrected chi connectivity index (χ0v) is 19.2. The van der Waals surface area contributed by atoms with Crippen LogP contribution in [0.5, 0.6) is 5.75 Å². The third kappa shape index (κ3) is 5.94. The van der Waals surface area contributed by atoms with Gasteiger partial charge in [-0.25, -0.2) is 4.79 Å². The fourth-order valence-corrected chi connectivity index (χ4v) is 4.00. The highest BCUT2D eigenvalue weighted by molar-refractivity contribution is 6.30. The number of benzene rings is 3. The zero-order valence-electron chi connectivity index (χ0n) is 18.5. The van der Waals surface area contributed by atoms with Gasteiger partial charge in [0.2, 0.25) is 0 Å². The molecule has 0 aliphatic carbocycles. The number of carbonyl (C=O) groups is 1. The molecule has 0 aliphatic heterocycles. The van der Waals surface area contributed by atoms with Gasteiger partial charge in [0, 0.05) is 23.8 Å². The lowest BCUT2D eigenvalue weighted by Gasteiger charge is -2.13. The number of aliphatic carboxylic acids is 1. The Morgan fingerprint density at radius 2 is 1.59 bits per heavy atom. The van der Waals surface area contributed by atoms with Gasteiger partial charge < -0.3 is 14.4 Å². The van der Waals surface area contributed by atoms with Gasteiger partial charge in [-0.1, -0.05) is 60.1 Å². The minimum absolute atomic E-state index is 0.0498. The summed E-state index contributed by atoms with van der Waals surface area (Å²) in [6.07, 6.45) is 3.40. The fraction of sp³-hybridized carbons (Fsp3) is 0.143. The summed E-state index contributed by atoms with van der Waals surface area (Å²) in [4.78, 5) is 23.2. The molecule has 172 valence electrons. The van der Waals surface area contributed by atoms with E-state index in [9.17, 15) is 9.59 Å². The minimum atomic E-state index is -1.01. The number of ether oxygens (including phenoxy) is 1. The Labute approximate surface area is 202 Å². The summed E-state index contributed by atoms with van der Waals surface area (Å²) in [6.45, 7) is 0.194. The van der Waals surface area contributed by atoms with Crippen LogP contribution >= 0.6 is 11.6 Å². The van der Waals surface area contributed by atoms with Gasteiger partial charge in [-0.3, -0.25) is 4.79 Å². The van der Waals surface area contributed by atoms with Crippen molar-refractivity contribution in [1.82, 2.24) is 4.57 Å². The van der Waals surface area contributed by atoms with Crippen LogP contribution in [0.15, 0.2) is 95.9 Å². The number of aromatic nitrogens is 1. The van der Waals surface area contributed by atoms with Crippen molar-refractivity contribution in [2.45, 2.75) is 19.4 Å². The summed E-state index contributed by atoms with van der Waals surface area (Å²) in [6, 6.07) is 26.7. The topological polar surface area (TPSA) is 68.5 Å². The number of carboxylic acids is 1. The maximum absolute atomic E-state index is 12.5. The Balaban J connectivity index is 1.50. The molecule has 4 rings (SSSR count). The van der Waals surface area contributed by atoms with Crippen molar-refractivity contribution in [3.8, 4) is 28.0 Å². The first-order valence-corrected chi connectivity index (χ1v) is 11.4. The standard InChI is InChI=1S/C28H24ClNO4/c29-23-13-10-21(11-14-23)25-8-1-2-9-26(25)22-12-15-27(31)30(18-22)16-4-6-20-5-3-7-24(17-20)34-19-28(32)33/h1-3,5,7-15,17-18H,4,6,16,19H2,(H,32,33). The second-order valence-corrected chi connectivity index (χ2v) is 8.37. The number of carboxylic acid groups (broad SMARTS) is 1. The highest BCUT2D eigenvalue weighted by Gasteiger charge is 2.09. The molecule has 5 nitrogen and oxygen atoms in total. The van der Waals surface area contributed by atoms with E-state index < -0.39 is 5.97 Å². The first kappa shape index (κ1) is 23.3. The average Bonchev–Trinajstić information content (AvgIpc) is 2.85. The molecule has 0 amide bonds. The van der Waals surface area contributed by atoms with Crippen LogP contribution < -0.4 is 10.3 Å². The Hall–Kier alpha value is -3.83. The maximum Gasteiger partial charge on any atom is 0.341 e. The summed E-state index contributed by atoms with van der Waals surface area (Å²) in [7, 11) is 0. The van der Waals surface area contributed by atoms with E-state index in [0.717, 1.165) is 40.7 Å². The third-order valence-electron chi connectivity index (χ3n) is 5.50. The lowest BCUT2D eigenvalue weighted by atomic mass is 9.95. The van der Waals surface area contributed by atoms with E-state index in [2.05, 4.69) is 12.1 Å². The largest absolute Gasteiger partial charge is 0.482 e. The maximum atomic E-state index is 12.5. The number of halogens is 1. The van der Waals surface area contributed by atoms with Gasteiger partial charge in [-0.15, -0.1) is 0 Å². The molecule has 6 heteroatoms. The van der Waals surface area contributed by atoms with Crippen LogP contribution in [0.1, 0.15) is 12.0 Å². The van der Waals surface area contributed by atoms with Gasteiger partial charge in [0.05, 0.1) is 0 Å². The highest BCUT2D eigenvalue weighted by Crippen LogP contribution is 2.32. The molecule has 0 fully saturated rings. The van der Waals surface area contributed by atoms with Crippen LogP contribution in [-0.2, 0) is 17.8 Å². The van der Waals surface area contributed by atoms with E-state index in [4.69, 9.17) is 21.4 Å². The molecular formula is C28H24ClNO4. The molecule has 0 radical (unpaired) electrons. The number of nitrogens with zero attached hydrogens (tertiary/aromatic N) is 1. The number of aryl methyl sites for hydroxylation is 2. The van der Waals surface area contributed by atoms with E-state index in [-0.39, 0.29) is 12.2 Å². The Kier molecular flexibility index (Phi) is 7.45. The first-order valence-electron chi connectivity index (χ1n) is 11.0. The SMILES string of the molecule is O=C(O)COc1cccc(CCCn2cc(-c3ccccc3-c3ccc(Cl)cc3)ccc2=O)c1. The fourth-order valence-electron chi connectivity index (χ4n) is 3.87. The second-order valence-electron chi connectivity index (χ2n) is 7.94. The smallest absolute Gasteiger partial charge is 0.341 e. The summed E-state index contributed by atoms with van der Waals surface area (Å²) >= 11 is 6.06. The summed E-state index contributed by atoms with van der Waals surface area (Å²) in [5, 5.41) is 9.46. The monoisotopic (exact) mass is 473 g/mol. The quantitative estimate of drug-likeness (QED) is 0.327. The molecule has 0 spiro atoms. The normalized spacial score (nSPS) is 10.7. The third-order valence-corrected chi connectivity index (χ3v) is 5.75. The zero-order chi connectivity index (χ0) is 23.9. The Morgan fingerprint density at radius 1 is 0.882 bits per heavy atom. The molecule has 3 aromatic carbocycles. The van der Waals surface area contributed by atoms with Crippen molar-refractivity contribution in [3.05, 3.63) is 112 Å². The van der Waals surface area contributed by atoms with E-state index >= 15 is 0 Å². The minimum Gasteiger partial charge on any atom is -0.482 e. The summed E-state index contributed by atoms with van der Waals surface area (Å²) in [5.41, 5.74) is 5.12. The van der Waals surface area contributed by atoms with Gasteiger partial charge in [-0.05, 0) is 71.0 Å². The molecule has 1 N–H and O–H groups in total. The highest BCUT2D eigenvalue weighted by atomic mass is 35.5. The van der Waals surface area contributed by atoms with Crippen LogP contribution in [0.4, 0.5) is 0 Å². The second kappa shape index (κ2) is 10.9. The van der Waals surface area contributed by atoms with Gasteiger partial charge in [0.15, 0.2) is 6.61 Å². The molecule has 0 bridgehead atoms. The van der Waals surface area contributed by atoms with Crippen molar-refractivity contribution in [1.29, 1.82) is 0 Å². The first-order chi connectivity index (χ1) is 16.5. The van der Waals surface area contributed by atoms with Gasteiger partial charge in [-0.2, -0.15) is 0 Å². The lowest BCUT2D eigenvalue weighted by Crippen LogP contribution is -2.19. The van der Waals surface area contributed by atoms with Crippen molar-refractivity contribution in [3.63, 3.8) is 0 Å². The number of hydrogen-bond acceptors (Lipinski definition) is 3. The Morgan fingerprint density at radius 3 is 2.32 bits per heavy atom. The van der Waals surface area contributed by atoms with Gasteiger partial charge in [0.25, 0.3) is 5.56 Å². The lowest BCUT2D eigenvalue weighted by molar-refractivity contribution is -0.139. The molecule has 0 unspecified atom stereocenters. The Bertz CT molecular complexity index is 1350. The molecule has 1 aromatic heterocycles. The molecule has 34 heavy (non-hydrogen) atoms. The van der Waals surface area contributed by atoms with E-state index in [1.54, 1.807) is 16.7 Å². The van der Waals surface area contributed by atoms with Crippen LogP contribution in [0.2, 0.25) is 5.02 Å². The molecule has 0 saturated heterocycles. The van der Waals surface area contributed by atoms with Crippen LogP contribution in [0.25, 0.3) is 22.3 Å². The molecule has 1 heterocycles. The number of pyridine rings is 1. The molecular weight excluding hydrogens is 450 g/mol. The predicted octanol–water partition coefficient (Wildman–Crippen LogP) is 5.93. The molecule has 0 aliphatic rings. The van der Waals surface area contributed by atoms with Gasteiger partial charge >= 0.3 is 5.97 Å². The molecule has 0 atom stereocenters. The van der Waals surface area contributed by atoms with Crippen molar-refractivity contribution in [2.75, 3.05) is 6.61 Å². The predicted molar refractivity (Wildman–Crippen MR) is 134 cm³/mol. The van der Waals surface area contributed by atoms with Crippen LogP contribution in [0, 0.1) is 0 Å². The van der Waals surface area contributed by atoms with Crippen molar-refractivity contribution in [2.24, 2.45) is 0 Å². The summed E-state index contributed by atoms with van der Waals surface area (Å²) in [5.74, 6) is -0.486. The van der Waals surface area contributed by atoms with Gasteiger partial charge in [0.1, 0.15) is 5.75 Å². The van der Waals surface area contributed by atoms with E-state index in [1.165, 1.54) is 0 Å². The van der Waals surface area contributed by atoms with E-state index in [1.807, 2.05) is 66.9 Å². The molecule has 4 aromatic rings. The number of hydrogen-bond donors (Lipinski definition) is 1. The van der Waals surface area contributed by atoms with Crippen LogP contribution in [-0.4, -0.2) is 22.2 Å². The average molecular weight is 474 g/mol. The van der Waals surface area contributed by atoms with E-state index in [0.29, 0.717) is 17.3 Å². The van der Waals surface area contributed by atoms with Crippen molar-refractivity contribution < 1.29 is 14.6 Å². The molecule has 0 saturated carbocycles. The van der Waals surface area contributed by atoms with Crippen LogP contribution in [0.3, 0.4) is 0 Å². The number of rotatable bonds is 9. The van der Waals surface area contributed by atoms with Crippen molar-refractivity contribution >= 4 is 17.6 Å². The summed E-state index contributed by atoms with van der Waals surface area (Å²) < 4.78 is 6.98.